The molecule has 0 unspecified atom stereocenters. The molecule has 2 heterocycles. The van der Waals surface area contributed by atoms with Crippen LogP contribution in [0.15, 0.2) is 24.3 Å². The van der Waals surface area contributed by atoms with Gasteiger partial charge in [-0.25, -0.2) is 4.79 Å². The van der Waals surface area contributed by atoms with Crippen molar-refractivity contribution in [2.24, 2.45) is 5.92 Å². The van der Waals surface area contributed by atoms with Crippen molar-refractivity contribution >= 4 is 23.7 Å². The molecule has 1 aromatic rings. The van der Waals surface area contributed by atoms with E-state index in [1.807, 2.05) is 25.7 Å². The van der Waals surface area contributed by atoms with Crippen LogP contribution in [0.4, 0.5) is 4.79 Å². The van der Waals surface area contributed by atoms with Gasteiger partial charge in [0.2, 0.25) is 5.91 Å². The minimum atomic E-state index is -0.219. The first-order chi connectivity index (χ1) is 13.9. The standard InChI is InChI=1S/C24H37N3O2S/c1-23(2,3)19-9-7-18(8-10-19)21-27(20(28)16-30-21)15-17-11-13-26(14-12-17)22(29)25-24(4,5)6/h7-10,17,21H,11-16H2,1-6H3,(H,25,29)/t21-/m0/s1. The zero-order chi connectivity index (χ0) is 22.1. The van der Waals surface area contributed by atoms with Crippen LogP contribution in [0.3, 0.4) is 0 Å². The maximum absolute atomic E-state index is 12.6. The van der Waals surface area contributed by atoms with Crippen molar-refractivity contribution in [1.82, 2.24) is 15.1 Å². The third-order valence-electron chi connectivity index (χ3n) is 5.87. The lowest BCUT2D eigenvalue weighted by atomic mass is 9.86. The number of urea groups is 1. The van der Waals surface area contributed by atoms with E-state index in [1.54, 1.807) is 11.8 Å². The van der Waals surface area contributed by atoms with Crippen molar-refractivity contribution in [2.75, 3.05) is 25.4 Å². The van der Waals surface area contributed by atoms with Crippen molar-refractivity contribution in [2.45, 2.75) is 70.7 Å². The average molecular weight is 432 g/mol. The van der Waals surface area contributed by atoms with Crippen LogP contribution in [-0.2, 0) is 10.2 Å². The first-order valence-electron chi connectivity index (χ1n) is 11.0. The van der Waals surface area contributed by atoms with Crippen LogP contribution in [-0.4, -0.2) is 52.7 Å². The lowest BCUT2D eigenvalue weighted by Crippen LogP contribution is -2.51. The maximum atomic E-state index is 12.6. The predicted octanol–water partition coefficient (Wildman–Crippen LogP) is 4.78. The van der Waals surface area contributed by atoms with Crippen molar-refractivity contribution in [3.8, 4) is 0 Å². The molecule has 0 aromatic heterocycles. The molecule has 1 N–H and O–H groups in total. The number of nitrogens with one attached hydrogen (secondary N) is 1. The normalized spacial score (nSPS) is 21.3. The minimum Gasteiger partial charge on any atom is -0.333 e. The van der Waals surface area contributed by atoms with Gasteiger partial charge in [-0.2, -0.15) is 0 Å². The van der Waals surface area contributed by atoms with E-state index in [2.05, 4.69) is 55.3 Å². The summed E-state index contributed by atoms with van der Waals surface area (Å²) >= 11 is 1.73. The van der Waals surface area contributed by atoms with Gasteiger partial charge in [0.25, 0.3) is 0 Å². The lowest BCUT2D eigenvalue weighted by Gasteiger charge is -2.36. The van der Waals surface area contributed by atoms with E-state index in [0.717, 1.165) is 32.5 Å². The Bertz CT molecular complexity index is 756. The SMILES string of the molecule is CC(C)(C)NC(=O)N1CCC(CN2C(=O)CS[C@H]2c2ccc(C(C)(C)C)cc2)CC1. The molecule has 2 saturated heterocycles. The predicted molar refractivity (Wildman–Crippen MR) is 125 cm³/mol. The Morgan fingerprint density at radius 3 is 2.20 bits per heavy atom. The molecule has 30 heavy (non-hydrogen) atoms. The first-order valence-corrected chi connectivity index (χ1v) is 12.1. The number of benzene rings is 1. The zero-order valence-electron chi connectivity index (χ0n) is 19.3. The maximum Gasteiger partial charge on any atom is 0.317 e. The summed E-state index contributed by atoms with van der Waals surface area (Å²) in [6.45, 7) is 15.0. The molecule has 0 spiro atoms. The molecular weight excluding hydrogens is 394 g/mol. The number of carbonyl (C=O) groups is 2. The summed E-state index contributed by atoms with van der Waals surface area (Å²) in [4.78, 5) is 29.0. The van der Waals surface area contributed by atoms with Gasteiger partial charge in [0, 0.05) is 25.2 Å². The third kappa shape index (κ3) is 5.71. The molecule has 166 valence electrons. The van der Waals surface area contributed by atoms with Crippen molar-refractivity contribution in [1.29, 1.82) is 0 Å². The minimum absolute atomic E-state index is 0.0190. The quantitative estimate of drug-likeness (QED) is 0.749. The highest BCUT2D eigenvalue weighted by molar-refractivity contribution is 8.00. The van der Waals surface area contributed by atoms with Crippen molar-refractivity contribution in [3.05, 3.63) is 35.4 Å². The average Bonchev–Trinajstić information content (AvgIpc) is 3.01. The highest BCUT2D eigenvalue weighted by atomic mass is 32.2. The number of thioether (sulfide) groups is 1. The van der Waals surface area contributed by atoms with Crippen molar-refractivity contribution < 1.29 is 9.59 Å². The molecule has 1 aromatic carbocycles. The van der Waals surface area contributed by atoms with E-state index in [9.17, 15) is 9.59 Å². The summed E-state index contributed by atoms with van der Waals surface area (Å²) in [6.07, 6.45) is 1.89. The Balaban J connectivity index is 1.59. The fourth-order valence-electron chi connectivity index (χ4n) is 4.07. The van der Waals surface area contributed by atoms with E-state index >= 15 is 0 Å². The summed E-state index contributed by atoms with van der Waals surface area (Å²) < 4.78 is 0. The fraction of sp³-hybridized carbons (Fsp3) is 0.667. The summed E-state index contributed by atoms with van der Waals surface area (Å²) in [5.74, 6) is 1.24. The van der Waals surface area contributed by atoms with Crippen LogP contribution in [0.2, 0.25) is 0 Å². The van der Waals surface area contributed by atoms with Crippen LogP contribution in [0.25, 0.3) is 0 Å². The largest absolute Gasteiger partial charge is 0.333 e. The van der Waals surface area contributed by atoms with E-state index in [-0.39, 0.29) is 28.3 Å². The zero-order valence-corrected chi connectivity index (χ0v) is 20.1. The lowest BCUT2D eigenvalue weighted by molar-refractivity contribution is -0.128. The van der Waals surface area contributed by atoms with E-state index in [4.69, 9.17) is 0 Å². The van der Waals surface area contributed by atoms with E-state index in [0.29, 0.717) is 11.7 Å². The number of hydrogen-bond acceptors (Lipinski definition) is 3. The Morgan fingerprint density at radius 2 is 1.67 bits per heavy atom. The Kier molecular flexibility index (Phi) is 6.75. The van der Waals surface area contributed by atoms with Crippen LogP contribution >= 0.6 is 11.8 Å². The number of nitrogens with zero attached hydrogens (tertiary/aromatic N) is 2. The van der Waals surface area contributed by atoms with Gasteiger partial charge < -0.3 is 15.1 Å². The van der Waals surface area contributed by atoms with Gasteiger partial charge in [-0.1, -0.05) is 45.0 Å². The highest BCUT2D eigenvalue weighted by Crippen LogP contribution is 2.40. The van der Waals surface area contributed by atoms with Crippen molar-refractivity contribution in [3.63, 3.8) is 0 Å². The number of rotatable bonds is 3. The van der Waals surface area contributed by atoms with E-state index in [1.165, 1.54) is 11.1 Å². The van der Waals surface area contributed by atoms with Crippen LogP contribution in [0.5, 0.6) is 0 Å². The molecule has 0 bridgehead atoms. The second kappa shape index (κ2) is 8.81. The Hall–Kier alpha value is -1.69. The van der Waals surface area contributed by atoms with Gasteiger partial charge in [-0.15, -0.1) is 11.8 Å². The molecule has 3 amide bonds. The van der Waals surface area contributed by atoms with Gasteiger partial charge in [0.1, 0.15) is 5.37 Å². The van der Waals surface area contributed by atoms with Gasteiger partial charge in [0.15, 0.2) is 0 Å². The second-order valence-electron chi connectivity index (χ2n) is 10.7. The monoisotopic (exact) mass is 431 g/mol. The first kappa shape index (κ1) is 23.0. The molecule has 0 aliphatic carbocycles. The summed E-state index contributed by atoms with van der Waals surface area (Å²) in [7, 11) is 0. The fourth-order valence-corrected chi connectivity index (χ4v) is 5.27. The number of amides is 3. The topological polar surface area (TPSA) is 52.7 Å². The van der Waals surface area contributed by atoms with Gasteiger partial charge in [0.05, 0.1) is 5.75 Å². The molecule has 6 heteroatoms. The third-order valence-corrected chi connectivity index (χ3v) is 7.12. The molecular formula is C24H37N3O2S. The molecule has 2 aliphatic heterocycles. The summed E-state index contributed by atoms with van der Waals surface area (Å²) in [5.41, 5.74) is 2.43. The van der Waals surface area contributed by atoms with Gasteiger partial charge in [-0.3, -0.25) is 4.79 Å². The molecule has 3 rings (SSSR count). The molecule has 2 aliphatic rings. The molecule has 0 radical (unpaired) electrons. The number of likely N-dealkylation sites (tertiary alicyclic amines) is 1. The molecule has 0 saturated carbocycles. The Labute approximate surface area is 186 Å². The van der Waals surface area contributed by atoms with Gasteiger partial charge in [-0.05, 0) is 56.1 Å². The van der Waals surface area contributed by atoms with Crippen LogP contribution in [0.1, 0.15) is 70.9 Å². The van der Waals surface area contributed by atoms with E-state index < -0.39 is 0 Å². The second-order valence-corrected chi connectivity index (χ2v) is 11.8. The van der Waals surface area contributed by atoms with Gasteiger partial charge >= 0.3 is 6.03 Å². The molecule has 2 fully saturated rings. The Morgan fingerprint density at radius 1 is 1.07 bits per heavy atom. The molecule has 1 atom stereocenters. The smallest absolute Gasteiger partial charge is 0.317 e. The molecule has 5 nitrogen and oxygen atoms in total. The van der Waals surface area contributed by atoms with Crippen LogP contribution in [0, 0.1) is 5.92 Å². The number of hydrogen-bond donors (Lipinski definition) is 1. The highest BCUT2D eigenvalue weighted by Gasteiger charge is 2.35. The summed E-state index contributed by atoms with van der Waals surface area (Å²) in [6, 6.07) is 8.78. The number of piperidine rings is 1. The summed E-state index contributed by atoms with van der Waals surface area (Å²) in [5, 5.41) is 3.15. The van der Waals surface area contributed by atoms with Crippen LogP contribution < -0.4 is 5.32 Å². The number of carbonyl (C=O) groups excluding carboxylic acids is 2.